The number of benzene rings is 2. The van der Waals surface area contributed by atoms with Crippen molar-refractivity contribution in [1.82, 2.24) is 21.3 Å². The summed E-state index contributed by atoms with van der Waals surface area (Å²) in [5.41, 5.74) is 1.47. The van der Waals surface area contributed by atoms with E-state index in [-0.39, 0.29) is 35.3 Å². The Kier molecular flexibility index (Phi) is 5.89. The van der Waals surface area contributed by atoms with Crippen molar-refractivity contribution < 1.29 is 19.4 Å². The van der Waals surface area contributed by atoms with Gasteiger partial charge in [0.15, 0.2) is 0 Å². The molecule has 182 valence electrons. The fraction of sp³-hybridized carbons (Fsp3) is 0.360. The van der Waals surface area contributed by atoms with Gasteiger partial charge < -0.3 is 31.1 Å². The molecule has 3 fully saturated rings. The van der Waals surface area contributed by atoms with Gasteiger partial charge in [0.25, 0.3) is 5.91 Å². The molecule has 2 aromatic carbocycles. The molecule has 0 bridgehead atoms. The lowest BCUT2D eigenvalue weighted by atomic mass is 9.86. The predicted molar refractivity (Wildman–Crippen MR) is 133 cm³/mol. The number of hydrogen-bond acceptors (Lipinski definition) is 7. The van der Waals surface area contributed by atoms with Crippen LogP contribution in [0.1, 0.15) is 6.42 Å². The van der Waals surface area contributed by atoms with Crippen LogP contribution in [0.3, 0.4) is 0 Å². The number of carbonyl (C=O) groups is 2. The van der Waals surface area contributed by atoms with Crippen molar-refractivity contribution in [3.05, 3.63) is 65.2 Å². The van der Waals surface area contributed by atoms with Crippen LogP contribution in [0.2, 0.25) is 0 Å². The summed E-state index contributed by atoms with van der Waals surface area (Å²) in [5, 5.41) is 22.6. The molecule has 5 atom stereocenters. The molecule has 3 amide bonds. The average Bonchev–Trinajstić information content (AvgIpc) is 3.44. The van der Waals surface area contributed by atoms with Gasteiger partial charge in [0, 0.05) is 30.4 Å². The van der Waals surface area contributed by atoms with Gasteiger partial charge in [-0.1, -0.05) is 30.0 Å². The maximum atomic E-state index is 13.3. The fourth-order valence-corrected chi connectivity index (χ4v) is 6.67. The van der Waals surface area contributed by atoms with Gasteiger partial charge in [0.2, 0.25) is 0 Å². The van der Waals surface area contributed by atoms with Crippen LogP contribution in [0.5, 0.6) is 11.5 Å². The summed E-state index contributed by atoms with van der Waals surface area (Å²) in [6.45, 7) is 1.74. The number of ether oxygens (including phenoxy) is 1. The highest BCUT2D eigenvalue weighted by molar-refractivity contribution is 8.04. The number of piperidine rings is 1. The summed E-state index contributed by atoms with van der Waals surface area (Å²) >= 11 is 1.46. The molecule has 9 nitrogen and oxygen atoms in total. The summed E-state index contributed by atoms with van der Waals surface area (Å²) in [7, 11) is 0. The Hall–Kier alpha value is -3.05. The smallest absolute Gasteiger partial charge is 0.326 e. The maximum Gasteiger partial charge on any atom is 0.326 e. The number of amides is 3. The first-order chi connectivity index (χ1) is 17.1. The van der Waals surface area contributed by atoms with E-state index in [9.17, 15) is 14.7 Å². The molecule has 0 aliphatic carbocycles. The number of β-amino-alcohol motifs (C(OH)–C–C–N with tert-alkyl or cyclic N) is 1. The number of hydrogen-bond donors (Lipinski definition) is 5. The molecule has 4 aliphatic rings. The topological polar surface area (TPSA) is 115 Å². The van der Waals surface area contributed by atoms with Crippen molar-refractivity contribution in [2.24, 2.45) is 5.92 Å². The Labute approximate surface area is 207 Å². The molecule has 3 unspecified atom stereocenters. The molecular weight excluding hydrogens is 466 g/mol. The minimum absolute atomic E-state index is 0.0000799. The number of anilines is 1. The van der Waals surface area contributed by atoms with Gasteiger partial charge in [-0.15, -0.1) is 0 Å². The lowest BCUT2D eigenvalue weighted by Gasteiger charge is -2.45. The standard InChI is InChI=1S/C25H27N5O4S/c31-19-13-26-12-17(19)28-23(32)22-21-20-18(10-11-27-24(20)35-22)30(25(33)29-21)14-6-8-16(9-7-14)34-15-4-2-1-3-5-15/h1-9,17-20,24,26-27,31H,10-13H2,(H,28,32)(H,29,33)/t17-,18?,19-,20?,24?/m0/s1. The van der Waals surface area contributed by atoms with E-state index in [4.69, 9.17) is 4.74 Å². The lowest BCUT2D eigenvalue weighted by molar-refractivity contribution is -0.118. The zero-order valence-electron chi connectivity index (χ0n) is 18.9. The van der Waals surface area contributed by atoms with Crippen LogP contribution in [-0.4, -0.2) is 60.2 Å². The Balaban J connectivity index is 1.23. The largest absolute Gasteiger partial charge is 0.457 e. The SMILES string of the molecule is O=C(N[C@H]1CNC[C@@H]1O)C1=C2NC(=O)N(c3ccc(Oc4ccccc4)cc3)C3CCNC(S1)C23. The zero-order valence-corrected chi connectivity index (χ0v) is 19.8. The van der Waals surface area contributed by atoms with Crippen molar-refractivity contribution in [2.45, 2.75) is 30.0 Å². The maximum absolute atomic E-state index is 13.3. The molecule has 4 heterocycles. The number of aliphatic hydroxyl groups excluding tert-OH is 1. The predicted octanol–water partition coefficient (Wildman–Crippen LogP) is 1.72. The first-order valence-corrected chi connectivity index (χ1v) is 12.7. The highest BCUT2D eigenvalue weighted by Gasteiger charge is 2.51. The lowest BCUT2D eigenvalue weighted by Crippen LogP contribution is -2.62. The van der Waals surface area contributed by atoms with Gasteiger partial charge >= 0.3 is 6.03 Å². The Morgan fingerprint density at radius 1 is 1.09 bits per heavy atom. The van der Waals surface area contributed by atoms with E-state index in [2.05, 4.69) is 21.3 Å². The van der Waals surface area contributed by atoms with E-state index in [1.807, 2.05) is 54.6 Å². The second kappa shape index (κ2) is 9.19. The van der Waals surface area contributed by atoms with Crippen molar-refractivity contribution in [3.8, 4) is 11.5 Å². The number of para-hydroxylation sites is 1. The third-order valence-electron chi connectivity index (χ3n) is 6.94. The molecule has 3 saturated heterocycles. The van der Waals surface area contributed by atoms with Crippen LogP contribution in [0.15, 0.2) is 65.2 Å². The van der Waals surface area contributed by atoms with Crippen molar-refractivity contribution in [1.29, 1.82) is 0 Å². The zero-order chi connectivity index (χ0) is 23.9. The van der Waals surface area contributed by atoms with Crippen LogP contribution in [0.25, 0.3) is 0 Å². The van der Waals surface area contributed by atoms with Crippen LogP contribution in [-0.2, 0) is 4.79 Å². The number of carbonyl (C=O) groups excluding carboxylic acids is 2. The van der Waals surface area contributed by atoms with Crippen molar-refractivity contribution >= 4 is 29.4 Å². The third kappa shape index (κ3) is 4.16. The van der Waals surface area contributed by atoms with E-state index in [1.165, 1.54) is 11.8 Å². The molecule has 0 aromatic heterocycles. The molecular formula is C25H27N5O4S. The van der Waals surface area contributed by atoms with E-state index in [0.717, 1.165) is 24.4 Å². The Bertz CT molecular complexity index is 1160. The molecule has 0 radical (unpaired) electrons. The monoisotopic (exact) mass is 493 g/mol. The number of nitrogens with one attached hydrogen (secondary N) is 4. The number of urea groups is 1. The van der Waals surface area contributed by atoms with E-state index in [0.29, 0.717) is 29.4 Å². The second-order valence-corrected chi connectivity index (χ2v) is 10.3. The molecule has 2 aromatic rings. The van der Waals surface area contributed by atoms with Gasteiger partial charge in [0.1, 0.15) is 11.5 Å². The van der Waals surface area contributed by atoms with E-state index in [1.54, 1.807) is 4.90 Å². The Morgan fingerprint density at radius 2 is 1.86 bits per heavy atom. The number of rotatable bonds is 5. The second-order valence-electron chi connectivity index (χ2n) is 9.13. The van der Waals surface area contributed by atoms with Crippen LogP contribution < -0.4 is 30.9 Å². The van der Waals surface area contributed by atoms with Crippen LogP contribution in [0.4, 0.5) is 10.5 Å². The summed E-state index contributed by atoms with van der Waals surface area (Å²) in [6, 6.07) is 16.4. The van der Waals surface area contributed by atoms with Gasteiger partial charge in [0.05, 0.1) is 28.5 Å². The molecule has 0 saturated carbocycles. The van der Waals surface area contributed by atoms with Gasteiger partial charge in [-0.05, 0) is 49.4 Å². The minimum atomic E-state index is -0.616. The van der Waals surface area contributed by atoms with Gasteiger partial charge in [-0.25, -0.2) is 4.79 Å². The highest BCUT2D eigenvalue weighted by Crippen LogP contribution is 2.48. The fourth-order valence-electron chi connectivity index (χ4n) is 5.27. The third-order valence-corrected chi connectivity index (χ3v) is 8.29. The number of aliphatic hydroxyl groups is 1. The van der Waals surface area contributed by atoms with Crippen molar-refractivity contribution in [3.63, 3.8) is 0 Å². The van der Waals surface area contributed by atoms with E-state index >= 15 is 0 Å². The summed E-state index contributed by atoms with van der Waals surface area (Å²) in [5.74, 6) is 1.17. The number of nitrogens with zero attached hydrogens (tertiary/aromatic N) is 1. The normalized spacial score (nSPS) is 29.6. The first-order valence-electron chi connectivity index (χ1n) is 11.9. The Morgan fingerprint density at radius 3 is 2.60 bits per heavy atom. The molecule has 0 spiro atoms. The molecule has 35 heavy (non-hydrogen) atoms. The molecule has 5 N–H and O–H groups in total. The van der Waals surface area contributed by atoms with Crippen LogP contribution >= 0.6 is 11.8 Å². The summed E-state index contributed by atoms with van der Waals surface area (Å²) < 4.78 is 5.89. The molecule has 6 rings (SSSR count). The summed E-state index contributed by atoms with van der Waals surface area (Å²) in [4.78, 5) is 28.7. The highest BCUT2D eigenvalue weighted by atomic mass is 32.2. The summed E-state index contributed by atoms with van der Waals surface area (Å²) in [6.07, 6.45) is 0.163. The van der Waals surface area contributed by atoms with Crippen LogP contribution in [0, 0.1) is 5.92 Å². The molecule has 10 heteroatoms. The first kappa shape index (κ1) is 22.4. The number of thioether (sulfide) groups is 1. The van der Waals surface area contributed by atoms with Gasteiger partial charge in [-0.2, -0.15) is 0 Å². The quantitative estimate of drug-likeness (QED) is 0.431. The van der Waals surface area contributed by atoms with E-state index < -0.39 is 6.10 Å². The van der Waals surface area contributed by atoms with Crippen molar-refractivity contribution in [2.75, 3.05) is 24.5 Å². The minimum Gasteiger partial charge on any atom is -0.457 e. The molecule has 4 aliphatic heterocycles. The van der Waals surface area contributed by atoms with Gasteiger partial charge in [-0.3, -0.25) is 9.69 Å². The average molecular weight is 494 g/mol.